The van der Waals surface area contributed by atoms with Gasteiger partial charge in [-0.3, -0.25) is 9.59 Å². The van der Waals surface area contributed by atoms with E-state index in [4.69, 9.17) is 4.74 Å². The van der Waals surface area contributed by atoms with Gasteiger partial charge in [0.15, 0.2) is 0 Å². The predicted octanol–water partition coefficient (Wildman–Crippen LogP) is 1.84. The molecule has 2 amide bonds. The molecule has 0 fully saturated rings. The SMILES string of the molecule is COc1ccc(NC(=O)C(C)C)c(NC(=O)C2NCCc3[nH]cnc32)c1. The Morgan fingerprint density at radius 3 is 2.81 bits per heavy atom. The molecule has 0 bridgehead atoms. The molecular formula is C18H23N5O3. The number of methoxy groups -OCH3 is 1. The molecule has 2 heterocycles. The Kier molecular flexibility index (Phi) is 5.22. The molecule has 138 valence electrons. The van der Waals surface area contributed by atoms with E-state index in [0.29, 0.717) is 29.4 Å². The fourth-order valence-corrected chi connectivity index (χ4v) is 2.78. The van der Waals surface area contributed by atoms with E-state index < -0.39 is 6.04 Å². The first-order valence-corrected chi connectivity index (χ1v) is 8.55. The zero-order valence-corrected chi connectivity index (χ0v) is 15.1. The standard InChI is InChI=1S/C18H23N5O3/c1-10(2)17(24)22-12-5-4-11(26-3)8-14(12)23-18(25)16-15-13(6-7-19-16)20-9-21-15/h4-5,8-10,16,19H,6-7H2,1-3H3,(H,20,21)(H,22,24)(H,23,25). The van der Waals surface area contributed by atoms with Crippen molar-refractivity contribution in [3.8, 4) is 5.75 Å². The summed E-state index contributed by atoms with van der Waals surface area (Å²) >= 11 is 0. The van der Waals surface area contributed by atoms with Gasteiger partial charge in [-0.2, -0.15) is 0 Å². The second-order valence-electron chi connectivity index (χ2n) is 6.45. The Morgan fingerprint density at radius 1 is 1.27 bits per heavy atom. The number of hydrogen-bond donors (Lipinski definition) is 4. The zero-order valence-electron chi connectivity index (χ0n) is 15.1. The van der Waals surface area contributed by atoms with E-state index in [2.05, 4.69) is 25.9 Å². The number of carbonyl (C=O) groups excluding carboxylic acids is 2. The minimum Gasteiger partial charge on any atom is -0.497 e. The monoisotopic (exact) mass is 357 g/mol. The number of aromatic amines is 1. The number of fused-ring (bicyclic) bond motifs is 1. The molecule has 4 N–H and O–H groups in total. The summed E-state index contributed by atoms with van der Waals surface area (Å²) in [5.41, 5.74) is 2.66. The van der Waals surface area contributed by atoms with Gasteiger partial charge in [0, 0.05) is 30.6 Å². The van der Waals surface area contributed by atoms with Crippen molar-refractivity contribution in [3.63, 3.8) is 0 Å². The van der Waals surface area contributed by atoms with Gasteiger partial charge in [-0.25, -0.2) is 4.98 Å². The molecule has 0 saturated carbocycles. The fraction of sp³-hybridized carbons (Fsp3) is 0.389. The average Bonchev–Trinajstić information content (AvgIpc) is 3.11. The second-order valence-corrected chi connectivity index (χ2v) is 6.45. The van der Waals surface area contributed by atoms with Crippen molar-refractivity contribution in [2.75, 3.05) is 24.3 Å². The summed E-state index contributed by atoms with van der Waals surface area (Å²) < 4.78 is 5.24. The van der Waals surface area contributed by atoms with Crippen LogP contribution in [0.15, 0.2) is 24.5 Å². The maximum Gasteiger partial charge on any atom is 0.247 e. The molecule has 0 radical (unpaired) electrons. The van der Waals surface area contributed by atoms with Crippen LogP contribution < -0.4 is 20.7 Å². The number of nitrogens with zero attached hydrogens (tertiary/aromatic N) is 1. The Balaban J connectivity index is 1.84. The van der Waals surface area contributed by atoms with Crippen molar-refractivity contribution in [2.45, 2.75) is 26.3 Å². The molecule has 1 atom stereocenters. The normalized spacial score (nSPS) is 16.1. The minimum atomic E-state index is -0.551. The van der Waals surface area contributed by atoms with Gasteiger partial charge in [0.05, 0.1) is 30.5 Å². The predicted molar refractivity (Wildman–Crippen MR) is 98.1 cm³/mol. The lowest BCUT2D eigenvalue weighted by atomic mass is 10.0. The Bertz CT molecular complexity index is 815. The molecular weight excluding hydrogens is 334 g/mol. The van der Waals surface area contributed by atoms with Crippen LogP contribution in [0.2, 0.25) is 0 Å². The van der Waals surface area contributed by atoms with Crippen molar-refractivity contribution >= 4 is 23.2 Å². The van der Waals surface area contributed by atoms with Gasteiger partial charge in [-0.1, -0.05) is 13.8 Å². The smallest absolute Gasteiger partial charge is 0.247 e. The second kappa shape index (κ2) is 7.57. The van der Waals surface area contributed by atoms with Crippen LogP contribution in [0.3, 0.4) is 0 Å². The Hall–Kier alpha value is -2.87. The van der Waals surface area contributed by atoms with Crippen LogP contribution in [0.1, 0.15) is 31.3 Å². The number of H-pyrrole nitrogens is 1. The number of ether oxygens (including phenoxy) is 1. The number of hydrogen-bond acceptors (Lipinski definition) is 5. The summed E-state index contributed by atoms with van der Waals surface area (Å²) in [6.45, 7) is 4.30. The number of imidazole rings is 1. The number of benzene rings is 1. The highest BCUT2D eigenvalue weighted by Crippen LogP contribution is 2.29. The molecule has 1 aromatic carbocycles. The van der Waals surface area contributed by atoms with Gasteiger partial charge in [0.25, 0.3) is 0 Å². The first-order chi connectivity index (χ1) is 12.5. The van der Waals surface area contributed by atoms with Crippen LogP contribution in [0.5, 0.6) is 5.75 Å². The maximum atomic E-state index is 12.8. The van der Waals surface area contributed by atoms with E-state index in [9.17, 15) is 9.59 Å². The summed E-state index contributed by atoms with van der Waals surface area (Å²) in [4.78, 5) is 32.2. The van der Waals surface area contributed by atoms with E-state index in [1.807, 2.05) is 13.8 Å². The minimum absolute atomic E-state index is 0.129. The van der Waals surface area contributed by atoms with Crippen LogP contribution in [-0.2, 0) is 16.0 Å². The molecule has 1 unspecified atom stereocenters. The van der Waals surface area contributed by atoms with Gasteiger partial charge in [0.1, 0.15) is 11.8 Å². The number of anilines is 2. The molecule has 0 aliphatic carbocycles. The molecule has 26 heavy (non-hydrogen) atoms. The topological polar surface area (TPSA) is 108 Å². The maximum absolute atomic E-state index is 12.8. The highest BCUT2D eigenvalue weighted by Gasteiger charge is 2.29. The molecule has 0 spiro atoms. The van der Waals surface area contributed by atoms with Crippen LogP contribution in [0.25, 0.3) is 0 Å². The Labute approximate surface area is 151 Å². The highest BCUT2D eigenvalue weighted by molar-refractivity contribution is 6.02. The summed E-state index contributed by atoms with van der Waals surface area (Å²) in [5.74, 6) is 0.0366. The van der Waals surface area contributed by atoms with Crippen molar-refractivity contribution in [2.24, 2.45) is 5.92 Å². The van der Waals surface area contributed by atoms with E-state index in [0.717, 1.165) is 12.1 Å². The average molecular weight is 357 g/mol. The van der Waals surface area contributed by atoms with E-state index in [-0.39, 0.29) is 17.7 Å². The highest BCUT2D eigenvalue weighted by atomic mass is 16.5. The summed E-state index contributed by atoms with van der Waals surface area (Å²) in [7, 11) is 1.55. The number of amides is 2. The van der Waals surface area contributed by atoms with Gasteiger partial charge in [-0.15, -0.1) is 0 Å². The number of nitrogens with one attached hydrogen (secondary N) is 4. The van der Waals surface area contributed by atoms with Crippen molar-refractivity contribution in [1.82, 2.24) is 15.3 Å². The van der Waals surface area contributed by atoms with E-state index >= 15 is 0 Å². The van der Waals surface area contributed by atoms with E-state index in [1.165, 1.54) is 0 Å². The van der Waals surface area contributed by atoms with Crippen molar-refractivity contribution < 1.29 is 14.3 Å². The molecule has 3 rings (SSSR count). The third kappa shape index (κ3) is 3.70. The summed E-state index contributed by atoms with van der Waals surface area (Å²) in [5, 5.41) is 8.89. The summed E-state index contributed by atoms with van der Waals surface area (Å²) in [6.07, 6.45) is 2.39. The number of rotatable bonds is 5. The third-order valence-corrected chi connectivity index (χ3v) is 4.28. The lowest BCUT2D eigenvalue weighted by molar-refractivity contribution is -0.119. The first-order valence-electron chi connectivity index (χ1n) is 8.55. The van der Waals surface area contributed by atoms with E-state index in [1.54, 1.807) is 31.6 Å². The fourth-order valence-electron chi connectivity index (χ4n) is 2.78. The molecule has 8 heteroatoms. The summed E-state index contributed by atoms with van der Waals surface area (Å²) in [6, 6.07) is 4.58. The first kappa shape index (κ1) is 17.9. The largest absolute Gasteiger partial charge is 0.497 e. The lowest BCUT2D eigenvalue weighted by Gasteiger charge is -2.23. The quantitative estimate of drug-likeness (QED) is 0.653. The number of aromatic nitrogens is 2. The number of carbonyl (C=O) groups is 2. The van der Waals surface area contributed by atoms with Crippen molar-refractivity contribution in [3.05, 3.63) is 35.9 Å². The van der Waals surface area contributed by atoms with Crippen LogP contribution >= 0.6 is 0 Å². The molecule has 1 aliphatic rings. The molecule has 1 aromatic heterocycles. The molecule has 2 aromatic rings. The molecule has 8 nitrogen and oxygen atoms in total. The van der Waals surface area contributed by atoms with Gasteiger partial charge in [-0.05, 0) is 12.1 Å². The van der Waals surface area contributed by atoms with Crippen LogP contribution in [-0.4, -0.2) is 35.4 Å². The van der Waals surface area contributed by atoms with Crippen LogP contribution in [0.4, 0.5) is 11.4 Å². The Morgan fingerprint density at radius 2 is 2.08 bits per heavy atom. The van der Waals surface area contributed by atoms with Gasteiger partial charge >= 0.3 is 0 Å². The van der Waals surface area contributed by atoms with Crippen molar-refractivity contribution in [1.29, 1.82) is 0 Å². The van der Waals surface area contributed by atoms with Crippen LogP contribution in [0, 0.1) is 5.92 Å². The van der Waals surface area contributed by atoms with Gasteiger partial charge < -0.3 is 25.7 Å². The molecule has 1 aliphatic heterocycles. The lowest BCUT2D eigenvalue weighted by Crippen LogP contribution is -2.38. The molecule has 0 saturated heterocycles. The van der Waals surface area contributed by atoms with Gasteiger partial charge in [0.2, 0.25) is 11.8 Å². The zero-order chi connectivity index (χ0) is 18.7. The third-order valence-electron chi connectivity index (χ3n) is 4.28.